The molecule has 0 aliphatic heterocycles. The molecule has 3 rings (SSSR count). The number of aryl methyl sites for hydroxylation is 6. The second kappa shape index (κ2) is 9.48. The maximum Gasteiger partial charge on any atom is 0.150 e. The van der Waals surface area contributed by atoms with Crippen LogP contribution in [0.1, 0.15) is 61.0 Å². The average molecular weight is 375 g/mol. The van der Waals surface area contributed by atoms with E-state index >= 15 is 0 Å². The quantitative estimate of drug-likeness (QED) is 0.561. The monoisotopic (exact) mass is 374 g/mol. The molecule has 3 aromatic rings. The highest BCUT2D eigenvalue weighted by molar-refractivity contribution is 5.75. The number of benzene rings is 3. The fourth-order valence-electron chi connectivity index (χ4n) is 3.61. The van der Waals surface area contributed by atoms with E-state index in [2.05, 4.69) is 64.1 Å². The summed E-state index contributed by atoms with van der Waals surface area (Å²) in [6, 6.07) is 18.2. The molecular weight excluding hydrogens is 344 g/mol. The van der Waals surface area contributed by atoms with Crippen LogP contribution in [0, 0.1) is 41.5 Å². The molecule has 146 valence electrons. The molecule has 0 saturated carbocycles. The van der Waals surface area contributed by atoms with Crippen molar-refractivity contribution in [2.45, 2.75) is 47.6 Å². The Labute approximate surface area is 168 Å². The van der Waals surface area contributed by atoms with E-state index in [1.165, 1.54) is 22.3 Å². The van der Waals surface area contributed by atoms with Crippen molar-refractivity contribution < 1.29 is 9.90 Å². The minimum atomic E-state index is -0.540. The van der Waals surface area contributed by atoms with Crippen molar-refractivity contribution in [2.75, 3.05) is 0 Å². The molecule has 0 atom stereocenters. The van der Waals surface area contributed by atoms with Crippen LogP contribution < -0.4 is 0 Å². The molecule has 0 heterocycles. The topological polar surface area (TPSA) is 37.3 Å². The van der Waals surface area contributed by atoms with Gasteiger partial charge in [-0.15, -0.1) is 0 Å². The predicted molar refractivity (Wildman–Crippen MR) is 117 cm³/mol. The van der Waals surface area contributed by atoms with Gasteiger partial charge in [0, 0.05) is 5.56 Å². The van der Waals surface area contributed by atoms with Gasteiger partial charge in [-0.2, -0.15) is 0 Å². The van der Waals surface area contributed by atoms with Gasteiger partial charge in [0.2, 0.25) is 0 Å². The van der Waals surface area contributed by atoms with E-state index in [-0.39, 0.29) is 0 Å². The van der Waals surface area contributed by atoms with Crippen molar-refractivity contribution in [1.29, 1.82) is 0 Å². The first-order valence-electron chi connectivity index (χ1n) is 9.56. The highest BCUT2D eigenvalue weighted by Gasteiger charge is 2.12. The largest absolute Gasteiger partial charge is 0.384 e. The second-order valence-electron chi connectivity index (χ2n) is 7.78. The smallest absolute Gasteiger partial charge is 0.150 e. The Morgan fingerprint density at radius 1 is 0.571 bits per heavy atom. The van der Waals surface area contributed by atoms with Gasteiger partial charge in [0.1, 0.15) is 12.4 Å². The molecule has 0 amide bonds. The summed E-state index contributed by atoms with van der Waals surface area (Å²) in [7, 11) is 0. The van der Waals surface area contributed by atoms with Gasteiger partial charge in [0.15, 0.2) is 0 Å². The van der Waals surface area contributed by atoms with Crippen molar-refractivity contribution in [3.63, 3.8) is 0 Å². The lowest BCUT2D eigenvalue weighted by molar-refractivity contribution is 0.112. The predicted octanol–water partition coefficient (Wildman–Crippen LogP) is 6.12. The number of carbonyl (C=O) groups excluding carboxylic acids is 1. The van der Waals surface area contributed by atoms with Gasteiger partial charge in [-0.1, -0.05) is 75.8 Å². The number of rotatable bonds is 3. The molecule has 0 radical (unpaired) electrons. The van der Waals surface area contributed by atoms with Gasteiger partial charge < -0.3 is 5.11 Å². The number of hydrogen-bond donors (Lipinski definition) is 1. The van der Waals surface area contributed by atoms with Crippen LogP contribution in [-0.4, -0.2) is 11.4 Å². The minimum absolute atomic E-state index is 0.540. The molecule has 2 nitrogen and oxygen atoms in total. The molecule has 1 N–H and O–H groups in total. The third-order valence-corrected chi connectivity index (χ3v) is 4.50. The maximum atomic E-state index is 10.5. The van der Waals surface area contributed by atoms with Crippen LogP contribution in [0.25, 0.3) is 0 Å². The molecule has 0 spiro atoms. The zero-order chi connectivity index (χ0) is 20.8. The third kappa shape index (κ3) is 6.17. The van der Waals surface area contributed by atoms with Gasteiger partial charge in [-0.25, -0.2) is 0 Å². The maximum absolute atomic E-state index is 10.5. The van der Waals surface area contributed by atoms with Crippen LogP contribution in [-0.2, 0) is 0 Å². The van der Waals surface area contributed by atoms with E-state index in [9.17, 15) is 9.90 Å². The number of aliphatic hydroxyl groups excluding tert-OH is 1. The summed E-state index contributed by atoms with van der Waals surface area (Å²) < 4.78 is 0. The summed E-state index contributed by atoms with van der Waals surface area (Å²) in [4.78, 5) is 10.3. The van der Waals surface area contributed by atoms with Crippen LogP contribution in [0.4, 0.5) is 0 Å². The van der Waals surface area contributed by atoms with E-state index < -0.39 is 6.10 Å². The molecule has 0 aliphatic rings. The van der Waals surface area contributed by atoms with Crippen LogP contribution in [0.5, 0.6) is 0 Å². The number of aldehydes is 1. The van der Waals surface area contributed by atoms with Gasteiger partial charge in [0.25, 0.3) is 0 Å². The Morgan fingerprint density at radius 2 is 0.857 bits per heavy atom. The number of hydrogen-bond acceptors (Lipinski definition) is 2. The van der Waals surface area contributed by atoms with E-state index in [0.29, 0.717) is 0 Å². The van der Waals surface area contributed by atoms with E-state index in [1.54, 1.807) is 0 Å². The molecule has 0 fully saturated rings. The molecule has 0 aromatic heterocycles. The minimum Gasteiger partial charge on any atom is -0.384 e. The summed E-state index contributed by atoms with van der Waals surface area (Å²) in [5.74, 6) is 0. The third-order valence-electron chi connectivity index (χ3n) is 4.50. The van der Waals surface area contributed by atoms with Crippen molar-refractivity contribution in [3.8, 4) is 0 Å². The first-order valence-corrected chi connectivity index (χ1v) is 9.56. The van der Waals surface area contributed by atoms with Crippen molar-refractivity contribution in [1.82, 2.24) is 0 Å². The van der Waals surface area contributed by atoms with Crippen molar-refractivity contribution in [2.24, 2.45) is 0 Å². The van der Waals surface area contributed by atoms with E-state index in [1.807, 2.05) is 32.0 Å². The van der Waals surface area contributed by atoms with E-state index in [0.717, 1.165) is 34.1 Å². The first kappa shape index (κ1) is 21.6. The number of aliphatic hydroxyl groups is 1. The van der Waals surface area contributed by atoms with Crippen molar-refractivity contribution >= 4 is 6.29 Å². The fraction of sp³-hybridized carbons (Fsp3) is 0.269. The lowest BCUT2D eigenvalue weighted by Crippen LogP contribution is -2.01. The van der Waals surface area contributed by atoms with Crippen LogP contribution in [0.15, 0.2) is 54.6 Å². The standard InChI is InChI=1S/C17H20O.C9H10O/c1-11-5-12(2)8-15(7-11)17(18)16-9-13(3)6-14(4)10-16;1-7-3-8(2)5-9(4-7)6-10/h5-10,17-18H,1-4H3;3-6H,1-2H3. The number of carbonyl (C=O) groups is 1. The molecule has 2 heteroatoms. The van der Waals surface area contributed by atoms with Crippen molar-refractivity contribution in [3.05, 3.63) is 105 Å². The van der Waals surface area contributed by atoms with Gasteiger partial charge >= 0.3 is 0 Å². The molecular formula is C26H30O2. The van der Waals surface area contributed by atoms with Crippen LogP contribution in [0.2, 0.25) is 0 Å². The van der Waals surface area contributed by atoms with Crippen LogP contribution in [0.3, 0.4) is 0 Å². The lowest BCUT2D eigenvalue weighted by atomic mass is 9.96. The van der Waals surface area contributed by atoms with Crippen LogP contribution >= 0.6 is 0 Å². The normalized spacial score (nSPS) is 10.4. The zero-order valence-corrected chi connectivity index (χ0v) is 17.7. The fourth-order valence-corrected chi connectivity index (χ4v) is 3.61. The Kier molecular flexibility index (Phi) is 7.31. The molecule has 0 unspecified atom stereocenters. The Morgan fingerprint density at radius 3 is 1.14 bits per heavy atom. The Balaban J connectivity index is 0.000000237. The summed E-state index contributed by atoms with van der Waals surface area (Å²) in [5.41, 5.74) is 9.74. The molecule has 0 aliphatic carbocycles. The highest BCUT2D eigenvalue weighted by Crippen LogP contribution is 2.25. The summed E-state index contributed by atoms with van der Waals surface area (Å²) in [6.45, 7) is 12.2. The average Bonchev–Trinajstić information content (AvgIpc) is 2.59. The molecule has 0 bridgehead atoms. The SMILES string of the molecule is Cc1cc(C)cc(C(O)c2cc(C)cc(C)c2)c1.Cc1cc(C)cc(C=O)c1. The second-order valence-corrected chi connectivity index (χ2v) is 7.78. The Hall–Kier alpha value is -2.71. The molecule has 3 aromatic carbocycles. The zero-order valence-electron chi connectivity index (χ0n) is 17.7. The lowest BCUT2D eigenvalue weighted by Gasteiger charge is -2.14. The molecule has 28 heavy (non-hydrogen) atoms. The first-order chi connectivity index (χ1) is 13.2. The molecule has 0 saturated heterocycles. The summed E-state index contributed by atoms with van der Waals surface area (Å²) in [5, 5.41) is 10.5. The Bertz CT molecular complexity index is 858. The van der Waals surface area contributed by atoms with Gasteiger partial charge in [0.05, 0.1) is 0 Å². The van der Waals surface area contributed by atoms with Gasteiger partial charge in [-0.3, -0.25) is 4.79 Å². The summed E-state index contributed by atoms with van der Waals surface area (Å²) >= 11 is 0. The highest BCUT2D eigenvalue weighted by atomic mass is 16.3. The summed E-state index contributed by atoms with van der Waals surface area (Å²) in [6.07, 6.45) is 0.335. The van der Waals surface area contributed by atoms with Gasteiger partial charge in [-0.05, 0) is 64.8 Å². The van der Waals surface area contributed by atoms with E-state index in [4.69, 9.17) is 0 Å².